The van der Waals surface area contributed by atoms with Gasteiger partial charge in [0.05, 0.1) is 28.2 Å². The number of amidine groups is 1. The lowest BCUT2D eigenvalue weighted by molar-refractivity contribution is -0.123. The van der Waals surface area contributed by atoms with E-state index in [0.717, 1.165) is 31.3 Å². The standard InChI is InChI=1S/C32H26Br2N2O3S/c1-21(24-9-5-3-6-10-24)36-31(37)29(40-32(36)35-26-11-7-4-8-12-26)19-23-17-27(34)30(28(18-23)38-2)39-20-22-13-15-25(33)16-14-22/h3-19,21H,20H2,1-2H3/b29-19+,35-32?/t21-/m1/s1. The molecule has 40 heavy (non-hydrogen) atoms. The highest BCUT2D eigenvalue weighted by molar-refractivity contribution is 9.10. The molecule has 0 radical (unpaired) electrons. The van der Waals surface area contributed by atoms with E-state index in [9.17, 15) is 4.79 Å². The maximum absolute atomic E-state index is 13.8. The Morgan fingerprint density at radius 2 is 1.62 bits per heavy atom. The Bertz CT molecular complexity index is 1560. The van der Waals surface area contributed by atoms with Gasteiger partial charge in [0.25, 0.3) is 5.91 Å². The number of para-hydroxylation sites is 1. The van der Waals surface area contributed by atoms with Crippen LogP contribution in [0.3, 0.4) is 0 Å². The first-order valence-electron chi connectivity index (χ1n) is 12.6. The molecule has 0 spiro atoms. The van der Waals surface area contributed by atoms with Crippen molar-refractivity contribution in [3.63, 3.8) is 0 Å². The van der Waals surface area contributed by atoms with E-state index in [1.807, 2.05) is 110 Å². The van der Waals surface area contributed by atoms with E-state index in [0.29, 0.717) is 28.2 Å². The highest BCUT2D eigenvalue weighted by Crippen LogP contribution is 2.42. The highest BCUT2D eigenvalue weighted by Gasteiger charge is 2.37. The summed E-state index contributed by atoms with van der Waals surface area (Å²) in [5.74, 6) is 1.08. The van der Waals surface area contributed by atoms with Crippen LogP contribution in [0, 0.1) is 0 Å². The van der Waals surface area contributed by atoms with Crippen LogP contribution >= 0.6 is 43.6 Å². The fraction of sp³-hybridized carbons (Fsp3) is 0.125. The van der Waals surface area contributed by atoms with Crippen molar-refractivity contribution in [1.29, 1.82) is 0 Å². The summed E-state index contributed by atoms with van der Waals surface area (Å²) in [6.07, 6.45) is 1.87. The molecule has 8 heteroatoms. The van der Waals surface area contributed by atoms with Crippen LogP contribution in [0.5, 0.6) is 11.5 Å². The molecule has 4 aromatic rings. The molecule has 0 N–H and O–H groups in total. The van der Waals surface area contributed by atoms with Gasteiger partial charge in [-0.3, -0.25) is 9.69 Å². The Morgan fingerprint density at radius 1 is 0.950 bits per heavy atom. The van der Waals surface area contributed by atoms with Crippen molar-refractivity contribution >= 4 is 66.5 Å². The van der Waals surface area contributed by atoms with Crippen molar-refractivity contribution in [2.24, 2.45) is 4.99 Å². The molecule has 1 saturated heterocycles. The number of carbonyl (C=O) groups excluding carboxylic acids is 1. The second kappa shape index (κ2) is 12.9. The molecule has 4 aromatic carbocycles. The summed E-state index contributed by atoms with van der Waals surface area (Å²) in [5, 5.41) is 0.638. The summed E-state index contributed by atoms with van der Waals surface area (Å²) in [7, 11) is 1.61. The van der Waals surface area contributed by atoms with E-state index in [4.69, 9.17) is 14.5 Å². The van der Waals surface area contributed by atoms with Gasteiger partial charge >= 0.3 is 0 Å². The van der Waals surface area contributed by atoms with Gasteiger partial charge in [-0.05, 0) is 93.8 Å². The molecule has 0 saturated carbocycles. The average molecular weight is 678 g/mol. The van der Waals surface area contributed by atoms with Crippen LogP contribution < -0.4 is 9.47 Å². The first-order valence-corrected chi connectivity index (χ1v) is 15.0. The SMILES string of the molecule is COc1cc(/C=C2/SC(=Nc3ccccc3)N([C@H](C)c3ccccc3)C2=O)cc(Br)c1OCc1ccc(Br)cc1. The number of hydrogen-bond donors (Lipinski definition) is 0. The van der Waals surface area contributed by atoms with Crippen molar-refractivity contribution < 1.29 is 14.3 Å². The summed E-state index contributed by atoms with van der Waals surface area (Å²) in [5.41, 5.74) is 3.68. The van der Waals surface area contributed by atoms with Crippen LogP contribution in [-0.2, 0) is 11.4 Å². The quantitative estimate of drug-likeness (QED) is 0.175. The molecular weight excluding hydrogens is 652 g/mol. The first-order chi connectivity index (χ1) is 19.4. The number of hydrogen-bond acceptors (Lipinski definition) is 5. The molecule has 0 aromatic heterocycles. The van der Waals surface area contributed by atoms with E-state index >= 15 is 0 Å². The van der Waals surface area contributed by atoms with Gasteiger partial charge in [0, 0.05) is 4.47 Å². The lowest BCUT2D eigenvalue weighted by Gasteiger charge is -2.24. The van der Waals surface area contributed by atoms with Gasteiger partial charge in [0.15, 0.2) is 16.7 Å². The number of methoxy groups -OCH3 is 1. The van der Waals surface area contributed by atoms with Gasteiger partial charge in [0.1, 0.15) is 6.61 Å². The molecule has 0 aliphatic carbocycles. The van der Waals surface area contributed by atoms with Crippen molar-refractivity contribution in [2.45, 2.75) is 19.6 Å². The van der Waals surface area contributed by atoms with Crippen LogP contribution in [-0.4, -0.2) is 23.1 Å². The van der Waals surface area contributed by atoms with Crippen LogP contribution in [0.4, 0.5) is 5.69 Å². The molecule has 1 aliphatic heterocycles. The minimum absolute atomic E-state index is 0.0957. The zero-order chi connectivity index (χ0) is 28.1. The molecule has 1 heterocycles. The minimum atomic E-state index is -0.190. The Hall–Kier alpha value is -3.33. The second-order valence-corrected chi connectivity index (χ2v) is 11.8. The van der Waals surface area contributed by atoms with Gasteiger partial charge in [0.2, 0.25) is 0 Å². The Morgan fingerprint density at radius 3 is 2.30 bits per heavy atom. The van der Waals surface area contributed by atoms with Gasteiger partial charge in [-0.2, -0.15) is 0 Å². The molecule has 1 fully saturated rings. The monoisotopic (exact) mass is 676 g/mol. The van der Waals surface area contributed by atoms with Gasteiger partial charge in [-0.15, -0.1) is 0 Å². The summed E-state index contributed by atoms with van der Waals surface area (Å²) in [6.45, 7) is 2.41. The molecule has 1 amide bonds. The molecule has 202 valence electrons. The van der Waals surface area contributed by atoms with Crippen LogP contribution in [0.25, 0.3) is 6.08 Å². The number of thioether (sulfide) groups is 1. The van der Waals surface area contributed by atoms with E-state index in [-0.39, 0.29) is 11.9 Å². The maximum atomic E-state index is 13.8. The summed E-state index contributed by atoms with van der Waals surface area (Å²) in [6, 6.07) is 31.2. The normalized spacial score (nSPS) is 16.0. The van der Waals surface area contributed by atoms with Gasteiger partial charge in [-0.25, -0.2) is 4.99 Å². The molecule has 1 atom stereocenters. The number of ether oxygens (including phenoxy) is 2. The van der Waals surface area contributed by atoms with Crippen molar-refractivity contribution in [1.82, 2.24) is 4.90 Å². The Balaban J connectivity index is 1.46. The molecular formula is C32H26Br2N2O3S. The van der Waals surface area contributed by atoms with Crippen molar-refractivity contribution in [3.8, 4) is 11.5 Å². The molecule has 0 bridgehead atoms. The summed E-state index contributed by atoms with van der Waals surface area (Å²) in [4.78, 5) is 21.0. The number of aliphatic imine (C=N–C) groups is 1. The van der Waals surface area contributed by atoms with Crippen LogP contribution in [0.15, 0.2) is 116 Å². The molecule has 1 aliphatic rings. The predicted molar refractivity (Wildman–Crippen MR) is 170 cm³/mol. The first kappa shape index (κ1) is 28.2. The summed E-state index contributed by atoms with van der Waals surface area (Å²) >= 11 is 8.47. The van der Waals surface area contributed by atoms with Gasteiger partial charge in [-0.1, -0.05) is 76.6 Å². The third-order valence-electron chi connectivity index (χ3n) is 6.33. The third kappa shape index (κ3) is 6.52. The van der Waals surface area contributed by atoms with Gasteiger partial charge < -0.3 is 9.47 Å². The minimum Gasteiger partial charge on any atom is -0.493 e. The molecule has 0 unspecified atom stereocenters. The van der Waals surface area contributed by atoms with E-state index < -0.39 is 0 Å². The predicted octanol–water partition coefficient (Wildman–Crippen LogP) is 9.16. The van der Waals surface area contributed by atoms with Crippen LogP contribution in [0.1, 0.15) is 29.7 Å². The lowest BCUT2D eigenvalue weighted by Crippen LogP contribution is -2.32. The number of amides is 1. The molecule has 5 nitrogen and oxygen atoms in total. The Labute approximate surface area is 255 Å². The number of halogens is 2. The largest absolute Gasteiger partial charge is 0.493 e. The lowest BCUT2D eigenvalue weighted by atomic mass is 10.1. The van der Waals surface area contributed by atoms with E-state index in [2.05, 4.69) is 31.9 Å². The number of carbonyl (C=O) groups is 1. The number of nitrogens with zero attached hydrogens (tertiary/aromatic N) is 2. The Kier molecular flexibility index (Phi) is 9.09. The fourth-order valence-corrected chi connectivity index (χ4v) is 6.16. The summed E-state index contributed by atoms with van der Waals surface area (Å²) < 4.78 is 13.5. The second-order valence-electron chi connectivity index (χ2n) is 9.05. The average Bonchev–Trinajstić information content (AvgIpc) is 3.27. The smallest absolute Gasteiger partial charge is 0.267 e. The number of benzene rings is 4. The topological polar surface area (TPSA) is 51.1 Å². The highest BCUT2D eigenvalue weighted by atomic mass is 79.9. The molecule has 5 rings (SSSR count). The third-order valence-corrected chi connectivity index (χ3v) is 8.43. The van der Waals surface area contributed by atoms with Crippen LogP contribution in [0.2, 0.25) is 0 Å². The number of rotatable bonds is 8. The van der Waals surface area contributed by atoms with Crippen molar-refractivity contribution in [2.75, 3.05) is 7.11 Å². The van der Waals surface area contributed by atoms with Crippen molar-refractivity contribution in [3.05, 3.63) is 128 Å². The van der Waals surface area contributed by atoms with E-state index in [1.165, 1.54) is 11.8 Å². The zero-order valence-electron chi connectivity index (χ0n) is 21.9. The zero-order valence-corrected chi connectivity index (χ0v) is 25.9. The van der Waals surface area contributed by atoms with E-state index in [1.54, 1.807) is 12.0 Å². The fourth-order valence-electron chi connectivity index (χ4n) is 4.25. The maximum Gasteiger partial charge on any atom is 0.267 e.